The highest BCUT2D eigenvalue weighted by Crippen LogP contribution is 2.51. The molecule has 0 radical (unpaired) electrons. The molecule has 0 aromatic carbocycles. The summed E-state index contributed by atoms with van der Waals surface area (Å²) in [5.74, 6) is -1.09. The number of aromatic nitrogens is 2. The van der Waals surface area contributed by atoms with Gasteiger partial charge in [0.05, 0.1) is 25.1 Å². The van der Waals surface area contributed by atoms with Crippen LogP contribution in [0.3, 0.4) is 0 Å². The fourth-order valence-corrected chi connectivity index (χ4v) is 4.01. The van der Waals surface area contributed by atoms with Gasteiger partial charge in [-0.1, -0.05) is 6.07 Å². The lowest BCUT2D eigenvalue weighted by Crippen LogP contribution is -2.01. The van der Waals surface area contributed by atoms with Gasteiger partial charge in [0, 0.05) is 11.8 Å². The average Bonchev–Trinajstić information content (AvgIpc) is 2.78. The number of fused-ring (bicyclic) bond motifs is 1. The number of carboxylic acid groups (broad SMARTS) is 1. The average molecular weight is 326 g/mol. The zero-order chi connectivity index (χ0) is 16.3. The zero-order valence-corrected chi connectivity index (χ0v) is 13.7. The first-order valence-corrected chi connectivity index (χ1v) is 8.72. The Morgan fingerprint density at radius 2 is 2.00 bits per heavy atom. The molecule has 1 N–H and O–H groups in total. The molecule has 7 nitrogen and oxygen atoms in total. The second-order valence-corrected chi connectivity index (χ2v) is 6.74. The predicted molar refractivity (Wildman–Crippen MR) is 81.5 cm³/mol. The Labute approximate surface area is 128 Å². The van der Waals surface area contributed by atoms with Crippen LogP contribution < -0.4 is 0 Å². The van der Waals surface area contributed by atoms with Crippen LogP contribution in [0.5, 0.6) is 0 Å². The topological polar surface area (TPSA) is 90.1 Å². The largest absolute Gasteiger partial charge is 0.476 e. The van der Waals surface area contributed by atoms with E-state index >= 15 is 0 Å². The van der Waals surface area contributed by atoms with Crippen molar-refractivity contribution in [1.82, 2.24) is 9.38 Å². The normalized spacial score (nSPS) is 12.0. The van der Waals surface area contributed by atoms with E-state index in [2.05, 4.69) is 4.98 Å². The molecule has 0 saturated carbocycles. The summed E-state index contributed by atoms with van der Waals surface area (Å²) in [4.78, 5) is 15.4. The van der Waals surface area contributed by atoms with Crippen LogP contribution in [0.15, 0.2) is 18.3 Å². The summed E-state index contributed by atoms with van der Waals surface area (Å²) in [7, 11) is -3.28. The number of imidazole rings is 1. The molecular formula is C14H19N2O5P. The number of carboxylic acids is 1. The van der Waals surface area contributed by atoms with Crippen LogP contribution in [0, 0.1) is 6.92 Å². The SMILES string of the molecule is CCOP(=O)(Cc1cccn2c(C)c(C(=O)O)nc12)OCC. The van der Waals surface area contributed by atoms with Crippen LogP contribution in [0.25, 0.3) is 5.65 Å². The molecule has 0 spiro atoms. The fourth-order valence-electron chi connectivity index (χ4n) is 2.30. The molecule has 0 atom stereocenters. The van der Waals surface area contributed by atoms with Gasteiger partial charge in [-0.05, 0) is 26.8 Å². The minimum atomic E-state index is -3.28. The molecule has 0 unspecified atom stereocenters. The van der Waals surface area contributed by atoms with E-state index in [4.69, 9.17) is 9.05 Å². The van der Waals surface area contributed by atoms with E-state index in [0.29, 0.717) is 16.9 Å². The number of rotatable bonds is 7. The van der Waals surface area contributed by atoms with Gasteiger partial charge in [-0.25, -0.2) is 9.78 Å². The molecule has 0 aliphatic carbocycles. The van der Waals surface area contributed by atoms with Gasteiger partial charge in [-0.3, -0.25) is 4.57 Å². The van der Waals surface area contributed by atoms with Crippen molar-refractivity contribution >= 4 is 19.2 Å². The monoisotopic (exact) mass is 326 g/mol. The Hall–Kier alpha value is -1.69. The summed E-state index contributed by atoms with van der Waals surface area (Å²) in [6.07, 6.45) is 1.77. The quantitative estimate of drug-likeness (QED) is 0.786. The lowest BCUT2D eigenvalue weighted by atomic mass is 10.3. The Bertz CT molecular complexity index is 730. The molecule has 0 amide bonds. The molecule has 0 aliphatic rings. The van der Waals surface area contributed by atoms with Crippen molar-refractivity contribution in [2.24, 2.45) is 0 Å². The molecule has 0 saturated heterocycles. The van der Waals surface area contributed by atoms with Gasteiger partial charge in [-0.2, -0.15) is 0 Å². The fraction of sp³-hybridized carbons (Fsp3) is 0.429. The number of carbonyl (C=O) groups is 1. The van der Waals surface area contributed by atoms with E-state index < -0.39 is 13.6 Å². The Kier molecular flexibility index (Phi) is 5.01. The smallest absolute Gasteiger partial charge is 0.356 e. The number of aryl methyl sites for hydroxylation is 1. The number of hydrogen-bond donors (Lipinski definition) is 1. The standard InChI is InChI=1S/C14H19N2O5P/c1-4-20-22(19,21-5-2)9-11-7-6-8-16-10(3)12(14(17)18)15-13(11)16/h6-8H,4-5,9H2,1-3H3,(H,17,18). The minimum absolute atomic E-state index is 0.0184. The van der Waals surface area contributed by atoms with Crippen LogP contribution in [-0.4, -0.2) is 33.7 Å². The minimum Gasteiger partial charge on any atom is -0.476 e. The number of pyridine rings is 1. The van der Waals surface area contributed by atoms with Gasteiger partial charge in [-0.15, -0.1) is 0 Å². The highest BCUT2D eigenvalue weighted by molar-refractivity contribution is 7.53. The van der Waals surface area contributed by atoms with Crippen molar-refractivity contribution in [1.29, 1.82) is 0 Å². The van der Waals surface area contributed by atoms with E-state index in [-0.39, 0.29) is 25.1 Å². The van der Waals surface area contributed by atoms with Crippen LogP contribution in [0.4, 0.5) is 0 Å². The summed E-state index contributed by atoms with van der Waals surface area (Å²) < 4.78 is 24.9. The van der Waals surface area contributed by atoms with Crippen molar-refractivity contribution in [2.75, 3.05) is 13.2 Å². The van der Waals surface area contributed by atoms with Gasteiger partial charge >= 0.3 is 13.6 Å². The summed E-state index contributed by atoms with van der Waals surface area (Å²) in [6, 6.07) is 3.50. The second-order valence-electron chi connectivity index (χ2n) is 4.68. The molecule has 2 rings (SSSR count). The van der Waals surface area contributed by atoms with Gasteiger partial charge in [0.1, 0.15) is 5.65 Å². The number of nitrogens with zero attached hydrogens (tertiary/aromatic N) is 2. The van der Waals surface area contributed by atoms with E-state index in [1.165, 1.54) is 0 Å². The van der Waals surface area contributed by atoms with Crippen molar-refractivity contribution in [3.8, 4) is 0 Å². The Balaban J connectivity index is 2.49. The zero-order valence-electron chi connectivity index (χ0n) is 12.8. The molecule has 0 bridgehead atoms. The van der Waals surface area contributed by atoms with E-state index in [1.807, 2.05) is 0 Å². The van der Waals surface area contributed by atoms with Gasteiger partial charge in [0.25, 0.3) is 0 Å². The van der Waals surface area contributed by atoms with Crippen molar-refractivity contribution in [3.63, 3.8) is 0 Å². The third-order valence-corrected chi connectivity index (χ3v) is 5.22. The van der Waals surface area contributed by atoms with E-state index in [1.54, 1.807) is 43.5 Å². The molecular weight excluding hydrogens is 307 g/mol. The summed E-state index contributed by atoms with van der Waals surface area (Å²) in [5, 5.41) is 9.18. The van der Waals surface area contributed by atoms with Crippen LogP contribution in [0.1, 0.15) is 35.6 Å². The summed E-state index contributed by atoms with van der Waals surface area (Å²) in [5.41, 5.74) is 1.59. The molecule has 2 heterocycles. The molecule has 8 heteroatoms. The molecule has 120 valence electrons. The number of aromatic carboxylic acids is 1. The third-order valence-electron chi connectivity index (χ3n) is 3.19. The highest BCUT2D eigenvalue weighted by atomic mass is 31.2. The molecule has 0 fully saturated rings. The Morgan fingerprint density at radius 1 is 1.36 bits per heavy atom. The first-order valence-electron chi connectivity index (χ1n) is 6.99. The van der Waals surface area contributed by atoms with Gasteiger partial charge in [0.15, 0.2) is 5.69 Å². The van der Waals surface area contributed by atoms with E-state index in [9.17, 15) is 14.5 Å². The molecule has 0 aliphatic heterocycles. The van der Waals surface area contributed by atoms with Crippen LogP contribution in [0.2, 0.25) is 0 Å². The van der Waals surface area contributed by atoms with E-state index in [0.717, 1.165) is 0 Å². The first kappa shape index (κ1) is 16.7. The van der Waals surface area contributed by atoms with Gasteiger partial charge in [0.2, 0.25) is 0 Å². The van der Waals surface area contributed by atoms with Crippen molar-refractivity contribution in [3.05, 3.63) is 35.3 Å². The maximum atomic E-state index is 12.7. The molecule has 22 heavy (non-hydrogen) atoms. The van der Waals surface area contributed by atoms with Crippen LogP contribution >= 0.6 is 7.60 Å². The maximum absolute atomic E-state index is 12.7. The van der Waals surface area contributed by atoms with Crippen LogP contribution in [-0.2, 0) is 19.8 Å². The highest BCUT2D eigenvalue weighted by Gasteiger charge is 2.26. The Morgan fingerprint density at radius 3 is 2.55 bits per heavy atom. The summed E-state index contributed by atoms with van der Waals surface area (Å²) >= 11 is 0. The lowest BCUT2D eigenvalue weighted by Gasteiger charge is -2.17. The van der Waals surface area contributed by atoms with Gasteiger partial charge < -0.3 is 18.6 Å². The maximum Gasteiger partial charge on any atom is 0.356 e. The first-order chi connectivity index (χ1) is 10.4. The second kappa shape index (κ2) is 6.60. The predicted octanol–water partition coefficient (Wildman–Crippen LogP) is 3.11. The summed E-state index contributed by atoms with van der Waals surface area (Å²) in [6.45, 7) is 5.71. The third kappa shape index (κ3) is 3.21. The molecule has 2 aromatic rings. The molecule has 2 aromatic heterocycles. The lowest BCUT2D eigenvalue weighted by molar-refractivity contribution is 0.0690. The van der Waals surface area contributed by atoms with Crippen molar-refractivity contribution in [2.45, 2.75) is 26.9 Å². The number of hydrogen-bond acceptors (Lipinski definition) is 5. The van der Waals surface area contributed by atoms with Crippen molar-refractivity contribution < 1.29 is 23.5 Å².